The summed E-state index contributed by atoms with van der Waals surface area (Å²) in [6, 6.07) is 5.53. The Morgan fingerprint density at radius 3 is 2.44 bits per heavy atom. The van der Waals surface area contributed by atoms with E-state index in [4.69, 9.17) is 11.6 Å². The van der Waals surface area contributed by atoms with Gasteiger partial charge in [0.15, 0.2) is 0 Å². The maximum atomic E-state index is 14.3. The van der Waals surface area contributed by atoms with Gasteiger partial charge in [0.2, 0.25) is 0 Å². The van der Waals surface area contributed by atoms with Crippen LogP contribution in [-0.4, -0.2) is 18.5 Å². The van der Waals surface area contributed by atoms with Gasteiger partial charge in [0.1, 0.15) is 5.67 Å². The molecule has 0 fully saturated rings. The Morgan fingerprint density at radius 1 is 1.28 bits per heavy atom. The minimum Gasteiger partial charge on any atom is -0.374 e. The van der Waals surface area contributed by atoms with Crippen molar-refractivity contribution < 1.29 is 4.39 Å². The smallest absolute Gasteiger partial charge is 0.131 e. The molecule has 0 aliphatic carbocycles. The molecule has 25 heavy (non-hydrogen) atoms. The standard InChI is InChI=1S/C22H31ClFN/c1-8-9-14-25(7)21(16(2)3)13-10-17(4)18-11-12-20(23)19(15-18)22(5,6)24/h10-13,15H,2,8-9,14H2,1,3-7H3/b17-10+,21-13+. The lowest BCUT2D eigenvalue weighted by molar-refractivity contribution is 0.221. The van der Waals surface area contributed by atoms with Crippen molar-refractivity contribution in [1.82, 2.24) is 4.90 Å². The van der Waals surface area contributed by atoms with Crippen LogP contribution in [0.25, 0.3) is 5.57 Å². The first-order valence-electron chi connectivity index (χ1n) is 8.82. The van der Waals surface area contributed by atoms with Gasteiger partial charge in [-0.3, -0.25) is 0 Å². The molecule has 0 unspecified atom stereocenters. The first kappa shape index (κ1) is 21.5. The summed E-state index contributed by atoms with van der Waals surface area (Å²) in [5.74, 6) is 0. The van der Waals surface area contributed by atoms with Gasteiger partial charge in [-0.15, -0.1) is 0 Å². The molecule has 0 spiro atoms. The molecule has 0 radical (unpaired) electrons. The van der Waals surface area contributed by atoms with Crippen LogP contribution in [-0.2, 0) is 5.67 Å². The molecule has 138 valence electrons. The average molecular weight is 364 g/mol. The Bertz CT molecular complexity index is 665. The first-order chi connectivity index (χ1) is 11.6. The molecule has 1 nitrogen and oxygen atoms in total. The summed E-state index contributed by atoms with van der Waals surface area (Å²) in [5, 5.41) is 0.460. The molecule has 1 aromatic rings. The number of benzene rings is 1. The van der Waals surface area contributed by atoms with Gasteiger partial charge < -0.3 is 4.90 Å². The van der Waals surface area contributed by atoms with Crippen LogP contribution >= 0.6 is 11.6 Å². The van der Waals surface area contributed by atoms with Crippen LogP contribution in [0.15, 0.2) is 48.2 Å². The number of allylic oxidation sites excluding steroid dienone is 4. The maximum Gasteiger partial charge on any atom is 0.131 e. The number of likely N-dealkylation sites (N-methyl/N-ethyl adjacent to an activating group) is 1. The number of unbranched alkanes of at least 4 members (excludes halogenated alkanes) is 1. The molecular weight excluding hydrogens is 333 g/mol. The highest BCUT2D eigenvalue weighted by atomic mass is 35.5. The fraction of sp³-hybridized carbons (Fsp3) is 0.455. The minimum atomic E-state index is -1.47. The summed E-state index contributed by atoms with van der Waals surface area (Å²) >= 11 is 6.16. The van der Waals surface area contributed by atoms with E-state index in [1.54, 1.807) is 6.07 Å². The molecule has 0 aliphatic heterocycles. The summed E-state index contributed by atoms with van der Waals surface area (Å²) in [7, 11) is 2.09. The molecule has 0 aromatic heterocycles. The van der Waals surface area contributed by atoms with Crippen molar-refractivity contribution in [2.24, 2.45) is 0 Å². The van der Waals surface area contributed by atoms with Gasteiger partial charge in [-0.1, -0.05) is 43.7 Å². The molecule has 0 bridgehead atoms. The molecule has 0 N–H and O–H groups in total. The predicted octanol–water partition coefficient (Wildman–Crippen LogP) is 7.14. The lowest BCUT2D eigenvalue weighted by Crippen LogP contribution is -2.19. The van der Waals surface area contributed by atoms with Crippen molar-refractivity contribution in [3.05, 3.63) is 64.3 Å². The number of alkyl halides is 1. The number of rotatable bonds is 8. The van der Waals surface area contributed by atoms with Gasteiger partial charge in [-0.2, -0.15) is 0 Å². The topological polar surface area (TPSA) is 3.24 Å². The SMILES string of the molecule is C=C(C)/C(=C\C=C(/C)c1ccc(Cl)c(C(C)(C)F)c1)N(C)CCCC. The Labute approximate surface area is 157 Å². The summed E-state index contributed by atoms with van der Waals surface area (Å²) in [6.07, 6.45) is 6.46. The summed E-state index contributed by atoms with van der Waals surface area (Å²) < 4.78 is 14.3. The summed E-state index contributed by atoms with van der Waals surface area (Å²) in [6.45, 7) is 14.4. The lowest BCUT2D eigenvalue weighted by Gasteiger charge is -2.22. The van der Waals surface area contributed by atoms with E-state index < -0.39 is 5.67 Å². The quantitative estimate of drug-likeness (QED) is 0.443. The summed E-state index contributed by atoms with van der Waals surface area (Å²) in [4.78, 5) is 2.23. The molecule has 0 aliphatic rings. The number of hydrogen-bond donors (Lipinski definition) is 0. The third kappa shape index (κ3) is 6.36. The average Bonchev–Trinajstić information content (AvgIpc) is 2.51. The van der Waals surface area contributed by atoms with Crippen molar-refractivity contribution in [3.63, 3.8) is 0 Å². The second-order valence-corrected chi connectivity index (χ2v) is 7.53. The zero-order chi connectivity index (χ0) is 19.2. The third-order valence-corrected chi connectivity index (χ3v) is 4.58. The highest BCUT2D eigenvalue weighted by Gasteiger charge is 2.22. The van der Waals surface area contributed by atoms with Crippen LogP contribution in [0.3, 0.4) is 0 Å². The Morgan fingerprint density at radius 2 is 1.92 bits per heavy atom. The van der Waals surface area contributed by atoms with Crippen molar-refractivity contribution >= 4 is 17.2 Å². The molecule has 0 saturated carbocycles. The number of hydrogen-bond acceptors (Lipinski definition) is 1. The second-order valence-electron chi connectivity index (χ2n) is 7.12. The molecular formula is C22H31ClFN. The van der Waals surface area contributed by atoms with Crippen LogP contribution in [0.4, 0.5) is 4.39 Å². The van der Waals surface area contributed by atoms with Gasteiger partial charge >= 0.3 is 0 Å². The highest BCUT2D eigenvalue weighted by molar-refractivity contribution is 6.31. The minimum absolute atomic E-state index is 0.460. The fourth-order valence-corrected chi connectivity index (χ4v) is 2.98. The Hall–Kier alpha value is -1.54. The molecule has 0 saturated heterocycles. The van der Waals surface area contributed by atoms with E-state index in [-0.39, 0.29) is 0 Å². The largest absolute Gasteiger partial charge is 0.374 e. The van der Waals surface area contributed by atoms with Crippen LogP contribution in [0.1, 0.15) is 58.6 Å². The van der Waals surface area contributed by atoms with E-state index in [2.05, 4.69) is 37.6 Å². The van der Waals surface area contributed by atoms with Crippen LogP contribution in [0.5, 0.6) is 0 Å². The molecule has 1 aromatic carbocycles. The van der Waals surface area contributed by atoms with Gasteiger partial charge in [0, 0.05) is 29.9 Å². The molecule has 0 amide bonds. The van der Waals surface area contributed by atoms with E-state index in [0.29, 0.717) is 10.6 Å². The van der Waals surface area contributed by atoms with Crippen molar-refractivity contribution in [1.29, 1.82) is 0 Å². The van der Waals surface area contributed by atoms with E-state index >= 15 is 0 Å². The van der Waals surface area contributed by atoms with Crippen molar-refractivity contribution in [2.75, 3.05) is 13.6 Å². The first-order valence-corrected chi connectivity index (χ1v) is 9.20. The lowest BCUT2D eigenvalue weighted by atomic mass is 9.95. The maximum absolute atomic E-state index is 14.3. The van der Waals surface area contributed by atoms with E-state index in [9.17, 15) is 4.39 Å². The van der Waals surface area contributed by atoms with Gasteiger partial charge in [-0.25, -0.2) is 4.39 Å². The predicted molar refractivity (Wildman–Crippen MR) is 110 cm³/mol. The van der Waals surface area contributed by atoms with Gasteiger partial charge in [0.05, 0.1) is 0 Å². The monoisotopic (exact) mass is 363 g/mol. The van der Waals surface area contributed by atoms with E-state index in [1.165, 1.54) is 13.8 Å². The fourth-order valence-electron chi connectivity index (χ4n) is 2.64. The zero-order valence-corrected chi connectivity index (χ0v) is 17.2. The van der Waals surface area contributed by atoms with E-state index in [0.717, 1.165) is 41.8 Å². The molecule has 3 heteroatoms. The molecule has 1 rings (SSSR count). The number of halogens is 2. The molecule has 0 heterocycles. The van der Waals surface area contributed by atoms with Crippen molar-refractivity contribution in [2.45, 2.75) is 53.1 Å². The second kappa shape index (κ2) is 9.24. The van der Waals surface area contributed by atoms with Crippen LogP contribution in [0.2, 0.25) is 5.02 Å². The molecule has 0 atom stereocenters. The van der Waals surface area contributed by atoms with Crippen LogP contribution < -0.4 is 0 Å². The Balaban J connectivity index is 3.16. The number of nitrogens with zero attached hydrogens (tertiary/aromatic N) is 1. The highest BCUT2D eigenvalue weighted by Crippen LogP contribution is 2.33. The van der Waals surface area contributed by atoms with Gasteiger partial charge in [0.25, 0.3) is 0 Å². The van der Waals surface area contributed by atoms with E-state index in [1.807, 2.05) is 26.0 Å². The van der Waals surface area contributed by atoms with Crippen molar-refractivity contribution in [3.8, 4) is 0 Å². The Kier molecular flexibility index (Phi) is 7.95. The summed E-state index contributed by atoms with van der Waals surface area (Å²) in [5.41, 5.74) is 3.23. The third-order valence-electron chi connectivity index (χ3n) is 4.25. The normalized spacial score (nSPS) is 13.1. The van der Waals surface area contributed by atoms with Gasteiger partial charge in [-0.05, 0) is 69.0 Å². The zero-order valence-electron chi connectivity index (χ0n) is 16.4. The van der Waals surface area contributed by atoms with Crippen LogP contribution in [0, 0.1) is 0 Å².